The van der Waals surface area contributed by atoms with Gasteiger partial charge in [-0.2, -0.15) is 5.10 Å². The van der Waals surface area contributed by atoms with E-state index in [1.807, 2.05) is 54.6 Å². The fraction of sp³-hybridized carbons (Fsp3) is 0. The van der Waals surface area contributed by atoms with Crippen LogP contribution in [-0.2, 0) is 4.79 Å². The Morgan fingerprint density at radius 2 is 1.55 bits per heavy atom. The first-order valence-electron chi connectivity index (χ1n) is 8.87. The van der Waals surface area contributed by atoms with Crippen molar-refractivity contribution in [2.75, 3.05) is 0 Å². The molecule has 3 aromatic rings. The van der Waals surface area contributed by atoms with Gasteiger partial charge in [-0.1, -0.05) is 66.7 Å². The summed E-state index contributed by atoms with van der Waals surface area (Å²) >= 11 is 0. The Morgan fingerprint density at radius 3 is 2.28 bits per heavy atom. The van der Waals surface area contributed by atoms with Gasteiger partial charge in [-0.05, 0) is 40.5 Å². The van der Waals surface area contributed by atoms with Crippen molar-refractivity contribution in [3.05, 3.63) is 102 Å². The van der Waals surface area contributed by atoms with Gasteiger partial charge in [0.2, 0.25) is 0 Å². The maximum atomic E-state index is 12.3. The van der Waals surface area contributed by atoms with Gasteiger partial charge in [0.15, 0.2) is 0 Å². The second-order valence-electron chi connectivity index (χ2n) is 6.12. The summed E-state index contributed by atoms with van der Waals surface area (Å²) < 4.78 is 0. The van der Waals surface area contributed by atoms with Crippen molar-refractivity contribution < 1.29 is 14.8 Å². The Morgan fingerprint density at radius 1 is 0.828 bits per heavy atom. The van der Waals surface area contributed by atoms with E-state index in [2.05, 4.69) is 10.5 Å². The lowest BCUT2D eigenvalue weighted by atomic mass is 10.0. The van der Waals surface area contributed by atoms with Gasteiger partial charge in [0.25, 0.3) is 11.8 Å². The van der Waals surface area contributed by atoms with Crippen molar-refractivity contribution >= 4 is 24.1 Å². The number of carbonyl (C=O) groups excluding carboxylic acids is 2. The number of rotatable bonds is 6. The van der Waals surface area contributed by atoms with Gasteiger partial charge < -0.3 is 0 Å². The Labute approximate surface area is 168 Å². The predicted molar refractivity (Wildman–Crippen MR) is 112 cm³/mol. The van der Waals surface area contributed by atoms with E-state index in [1.54, 1.807) is 30.5 Å². The van der Waals surface area contributed by atoms with Crippen LogP contribution in [0.3, 0.4) is 0 Å². The number of amides is 2. The molecule has 0 saturated heterocycles. The molecule has 3 N–H and O–H groups in total. The zero-order valence-corrected chi connectivity index (χ0v) is 15.4. The summed E-state index contributed by atoms with van der Waals surface area (Å²) in [5.41, 5.74) is 8.12. The lowest BCUT2D eigenvalue weighted by Crippen LogP contribution is -2.17. The van der Waals surface area contributed by atoms with E-state index < -0.39 is 5.91 Å². The SMILES string of the molecule is O=C(/C=C/c1cccc(C(=O)N/N=C\c2ccc(-c3ccccc3)cc2)c1)NO. The van der Waals surface area contributed by atoms with Crippen LogP contribution >= 0.6 is 0 Å². The number of nitrogens with zero attached hydrogens (tertiary/aromatic N) is 1. The molecule has 0 fully saturated rings. The van der Waals surface area contributed by atoms with Crippen molar-refractivity contribution in [1.29, 1.82) is 0 Å². The molecule has 2 amide bonds. The van der Waals surface area contributed by atoms with Crippen LogP contribution in [0.2, 0.25) is 0 Å². The summed E-state index contributed by atoms with van der Waals surface area (Å²) in [4.78, 5) is 23.3. The first-order valence-corrected chi connectivity index (χ1v) is 8.87. The number of carbonyl (C=O) groups is 2. The molecule has 0 saturated carbocycles. The van der Waals surface area contributed by atoms with Crippen LogP contribution in [0, 0.1) is 0 Å². The van der Waals surface area contributed by atoms with Gasteiger partial charge in [0.1, 0.15) is 0 Å². The van der Waals surface area contributed by atoms with E-state index >= 15 is 0 Å². The van der Waals surface area contributed by atoms with Gasteiger partial charge in [-0.25, -0.2) is 10.9 Å². The van der Waals surface area contributed by atoms with Gasteiger partial charge >= 0.3 is 0 Å². The topological polar surface area (TPSA) is 90.8 Å². The van der Waals surface area contributed by atoms with E-state index in [0.29, 0.717) is 11.1 Å². The molecule has 3 aromatic carbocycles. The van der Waals surface area contributed by atoms with E-state index in [0.717, 1.165) is 22.8 Å². The fourth-order valence-corrected chi connectivity index (χ4v) is 2.61. The highest BCUT2D eigenvalue weighted by Gasteiger charge is 2.04. The van der Waals surface area contributed by atoms with Gasteiger partial charge in [-0.15, -0.1) is 0 Å². The molecule has 29 heavy (non-hydrogen) atoms. The molecule has 0 heterocycles. The molecule has 6 heteroatoms. The normalized spacial score (nSPS) is 10.9. The molecule has 0 aliphatic rings. The molecule has 144 valence electrons. The smallest absolute Gasteiger partial charge is 0.271 e. The predicted octanol–water partition coefficient (Wildman–Crippen LogP) is 3.64. The summed E-state index contributed by atoms with van der Waals surface area (Å²) in [6.07, 6.45) is 4.22. The van der Waals surface area contributed by atoms with Gasteiger partial charge in [-0.3, -0.25) is 14.8 Å². The monoisotopic (exact) mass is 385 g/mol. The number of hydrogen-bond donors (Lipinski definition) is 3. The first kappa shape index (κ1) is 19.7. The number of nitrogens with one attached hydrogen (secondary N) is 2. The van der Waals surface area contributed by atoms with Crippen molar-refractivity contribution in [3.63, 3.8) is 0 Å². The Balaban J connectivity index is 1.61. The van der Waals surface area contributed by atoms with Gasteiger partial charge in [0.05, 0.1) is 6.21 Å². The van der Waals surface area contributed by atoms with E-state index in [9.17, 15) is 9.59 Å². The zero-order chi connectivity index (χ0) is 20.5. The second-order valence-corrected chi connectivity index (χ2v) is 6.12. The van der Waals surface area contributed by atoms with Crippen LogP contribution < -0.4 is 10.9 Å². The lowest BCUT2D eigenvalue weighted by Gasteiger charge is -2.03. The van der Waals surface area contributed by atoms with Crippen LogP contribution in [0.4, 0.5) is 0 Å². The van der Waals surface area contributed by atoms with Crippen molar-refractivity contribution in [3.8, 4) is 11.1 Å². The average molecular weight is 385 g/mol. The van der Waals surface area contributed by atoms with Crippen LogP contribution in [0.1, 0.15) is 21.5 Å². The molecule has 0 atom stereocenters. The second kappa shape index (κ2) is 9.77. The molecule has 0 bridgehead atoms. The van der Waals surface area contributed by atoms with E-state index in [4.69, 9.17) is 5.21 Å². The Kier molecular flexibility index (Phi) is 6.65. The number of hydroxylamine groups is 1. The third kappa shape index (κ3) is 5.72. The highest BCUT2D eigenvalue weighted by Crippen LogP contribution is 2.18. The summed E-state index contributed by atoms with van der Waals surface area (Å²) in [6.45, 7) is 0. The largest absolute Gasteiger partial charge is 0.288 e. The summed E-state index contributed by atoms with van der Waals surface area (Å²) in [6, 6.07) is 24.6. The number of hydrogen-bond acceptors (Lipinski definition) is 4. The summed E-state index contributed by atoms with van der Waals surface area (Å²) in [5, 5.41) is 12.5. The maximum absolute atomic E-state index is 12.3. The third-order valence-corrected chi connectivity index (χ3v) is 4.08. The maximum Gasteiger partial charge on any atom is 0.271 e. The quantitative estimate of drug-likeness (QED) is 0.262. The van der Waals surface area contributed by atoms with Crippen LogP contribution in [0.25, 0.3) is 17.2 Å². The molecular weight excluding hydrogens is 366 g/mol. The molecule has 0 aliphatic carbocycles. The van der Waals surface area contributed by atoms with Crippen LogP contribution in [0.5, 0.6) is 0 Å². The highest BCUT2D eigenvalue weighted by atomic mass is 16.5. The highest BCUT2D eigenvalue weighted by molar-refractivity contribution is 5.96. The summed E-state index contributed by atoms with van der Waals surface area (Å²) in [5.74, 6) is -1.02. The standard InChI is InChI=1S/C23H19N3O3/c27-22(26-29)14-11-17-5-4-8-21(15-17)23(28)25-24-16-18-9-12-20(13-10-18)19-6-2-1-3-7-19/h1-16,29H,(H,25,28)(H,26,27)/b14-11+,24-16-. The molecule has 3 rings (SSSR count). The molecular formula is C23H19N3O3. The van der Waals surface area contributed by atoms with E-state index in [-0.39, 0.29) is 5.91 Å². The minimum atomic E-state index is -0.650. The molecule has 0 unspecified atom stereocenters. The molecule has 0 aromatic heterocycles. The van der Waals surface area contributed by atoms with Crippen molar-refractivity contribution in [2.45, 2.75) is 0 Å². The van der Waals surface area contributed by atoms with Crippen molar-refractivity contribution in [1.82, 2.24) is 10.9 Å². The minimum Gasteiger partial charge on any atom is -0.288 e. The molecule has 0 aliphatic heterocycles. The zero-order valence-electron chi connectivity index (χ0n) is 15.4. The van der Waals surface area contributed by atoms with Crippen LogP contribution in [0.15, 0.2) is 90.0 Å². The Hall–Kier alpha value is -4.03. The van der Waals surface area contributed by atoms with Gasteiger partial charge in [0, 0.05) is 11.6 Å². The lowest BCUT2D eigenvalue weighted by molar-refractivity contribution is -0.124. The number of benzene rings is 3. The molecule has 0 spiro atoms. The Bertz CT molecular complexity index is 1040. The third-order valence-electron chi connectivity index (χ3n) is 4.08. The minimum absolute atomic E-state index is 0.371. The average Bonchev–Trinajstić information content (AvgIpc) is 2.78. The van der Waals surface area contributed by atoms with Crippen molar-refractivity contribution in [2.24, 2.45) is 5.10 Å². The van der Waals surface area contributed by atoms with Crippen LogP contribution in [-0.4, -0.2) is 23.2 Å². The fourth-order valence-electron chi connectivity index (χ4n) is 2.61. The molecule has 0 radical (unpaired) electrons. The van der Waals surface area contributed by atoms with E-state index in [1.165, 1.54) is 11.6 Å². The summed E-state index contributed by atoms with van der Waals surface area (Å²) in [7, 11) is 0. The first-order chi connectivity index (χ1) is 14.2. The molecule has 6 nitrogen and oxygen atoms in total. The number of hydrazone groups is 1.